The highest BCUT2D eigenvalue weighted by molar-refractivity contribution is 6.77. The van der Waals surface area contributed by atoms with Gasteiger partial charge in [-0.3, -0.25) is 0 Å². The molecular weight excluding hydrogens is 348 g/mol. The molecule has 0 aliphatic carbocycles. The Labute approximate surface area is 168 Å². The minimum atomic E-state index is -1.09. The fourth-order valence-corrected chi connectivity index (χ4v) is 10.2. The molecule has 26 heavy (non-hydrogen) atoms. The molecule has 0 atom stereocenters. The summed E-state index contributed by atoms with van der Waals surface area (Å²) in [5, 5.41) is 0. The standard InChI is InChI=1S/C22H52N2Si2/c1-7-25(8-2,9-3)23-21-19-17-15-13-14-16-18-20-22-24-26(10-4,11-5)12-6/h23-24H,7-22H2,1-6H3. The number of rotatable bonds is 19. The zero-order valence-electron chi connectivity index (χ0n) is 19.3. The SMILES string of the molecule is CC[Si](CC)(CC)NCCCCCCCCCCN[Si](CC)(CC)CC. The predicted octanol–water partition coefficient (Wildman–Crippen LogP) is 7.30. The largest absolute Gasteiger partial charge is 0.337 e. The number of unbranched alkanes of at least 4 members (excludes halogenated alkanes) is 7. The molecule has 0 aliphatic rings. The maximum absolute atomic E-state index is 3.97. The van der Waals surface area contributed by atoms with Crippen molar-refractivity contribution < 1.29 is 0 Å². The molecule has 158 valence electrons. The van der Waals surface area contributed by atoms with Gasteiger partial charge in [0, 0.05) is 0 Å². The van der Waals surface area contributed by atoms with E-state index in [0.717, 1.165) is 0 Å². The highest BCUT2D eigenvalue weighted by Gasteiger charge is 2.26. The third-order valence-corrected chi connectivity index (χ3v) is 17.3. The lowest BCUT2D eigenvalue weighted by atomic mass is 10.1. The molecule has 2 nitrogen and oxygen atoms in total. The van der Waals surface area contributed by atoms with E-state index in [-0.39, 0.29) is 0 Å². The summed E-state index contributed by atoms with van der Waals surface area (Å²) in [4.78, 5) is 7.94. The molecule has 0 rings (SSSR count). The molecule has 0 saturated heterocycles. The highest BCUT2D eigenvalue weighted by atomic mass is 28.3. The van der Waals surface area contributed by atoms with E-state index in [1.807, 2.05) is 0 Å². The third-order valence-electron chi connectivity index (χ3n) is 7.16. The van der Waals surface area contributed by atoms with Gasteiger partial charge in [-0.2, -0.15) is 0 Å². The van der Waals surface area contributed by atoms with Crippen LogP contribution in [0.4, 0.5) is 0 Å². The molecule has 0 aromatic carbocycles. The third kappa shape index (κ3) is 10.6. The Morgan fingerprint density at radius 2 is 0.615 bits per heavy atom. The number of hydrogen-bond acceptors (Lipinski definition) is 2. The van der Waals surface area contributed by atoms with Crippen molar-refractivity contribution in [2.75, 3.05) is 13.1 Å². The van der Waals surface area contributed by atoms with Gasteiger partial charge in [-0.25, -0.2) is 0 Å². The lowest BCUT2D eigenvalue weighted by Gasteiger charge is -2.29. The van der Waals surface area contributed by atoms with Crippen molar-refractivity contribution in [3.05, 3.63) is 0 Å². The molecule has 0 amide bonds. The number of hydrogen-bond donors (Lipinski definition) is 2. The lowest BCUT2D eigenvalue weighted by molar-refractivity contribution is 0.562. The summed E-state index contributed by atoms with van der Waals surface area (Å²) in [5.74, 6) is 0. The van der Waals surface area contributed by atoms with Crippen LogP contribution in [0.15, 0.2) is 0 Å². The maximum Gasteiger partial charge on any atom is 0.124 e. The molecular formula is C22H52N2Si2. The molecule has 4 heteroatoms. The minimum Gasteiger partial charge on any atom is -0.337 e. The first-order valence-corrected chi connectivity index (χ1v) is 17.3. The van der Waals surface area contributed by atoms with E-state index in [1.165, 1.54) is 101 Å². The quantitative estimate of drug-likeness (QED) is 0.175. The van der Waals surface area contributed by atoms with Crippen molar-refractivity contribution >= 4 is 16.5 Å². The van der Waals surface area contributed by atoms with Gasteiger partial charge in [0.05, 0.1) is 0 Å². The van der Waals surface area contributed by atoms with Crippen molar-refractivity contribution in [1.82, 2.24) is 9.96 Å². The fourth-order valence-electron chi connectivity index (χ4n) is 4.27. The van der Waals surface area contributed by atoms with E-state index in [9.17, 15) is 0 Å². The van der Waals surface area contributed by atoms with E-state index in [4.69, 9.17) is 0 Å². The molecule has 0 aliphatic heterocycles. The van der Waals surface area contributed by atoms with Crippen molar-refractivity contribution in [3.63, 3.8) is 0 Å². The second-order valence-corrected chi connectivity index (χ2v) is 18.4. The Morgan fingerprint density at radius 3 is 0.846 bits per heavy atom. The van der Waals surface area contributed by atoms with Crippen LogP contribution in [0, 0.1) is 0 Å². The van der Waals surface area contributed by atoms with Crippen LogP contribution in [0.3, 0.4) is 0 Å². The summed E-state index contributed by atoms with van der Waals surface area (Å²) in [6.45, 7) is 16.9. The van der Waals surface area contributed by atoms with Gasteiger partial charge in [-0.1, -0.05) is 80.1 Å². The monoisotopic (exact) mass is 400 g/mol. The van der Waals surface area contributed by atoms with Gasteiger partial charge >= 0.3 is 0 Å². The van der Waals surface area contributed by atoms with Crippen molar-refractivity contribution in [3.8, 4) is 0 Å². The number of nitrogens with one attached hydrogen (secondary N) is 2. The molecule has 0 fully saturated rings. The van der Waals surface area contributed by atoms with Crippen LogP contribution in [-0.2, 0) is 0 Å². The zero-order valence-corrected chi connectivity index (χ0v) is 21.3. The summed E-state index contributed by atoms with van der Waals surface area (Å²) >= 11 is 0. The average Bonchev–Trinajstić information content (AvgIpc) is 2.69. The van der Waals surface area contributed by atoms with E-state index >= 15 is 0 Å². The topological polar surface area (TPSA) is 24.1 Å². The van der Waals surface area contributed by atoms with Gasteiger partial charge < -0.3 is 9.96 Å². The van der Waals surface area contributed by atoms with Crippen LogP contribution >= 0.6 is 0 Å². The first kappa shape index (κ1) is 26.4. The fraction of sp³-hybridized carbons (Fsp3) is 1.00. The van der Waals surface area contributed by atoms with Crippen LogP contribution < -0.4 is 9.96 Å². The summed E-state index contributed by atoms with van der Waals surface area (Å²) in [7, 11) is -2.17. The Bertz CT molecular complexity index is 256. The van der Waals surface area contributed by atoms with Gasteiger partial charge in [0.2, 0.25) is 0 Å². The van der Waals surface area contributed by atoms with Crippen LogP contribution in [0.1, 0.15) is 92.9 Å². The molecule has 0 aromatic rings. The molecule has 0 spiro atoms. The molecule has 0 heterocycles. The Hall–Kier alpha value is 0.354. The van der Waals surface area contributed by atoms with E-state index in [0.29, 0.717) is 0 Å². The van der Waals surface area contributed by atoms with E-state index in [2.05, 4.69) is 51.5 Å². The van der Waals surface area contributed by atoms with E-state index in [1.54, 1.807) is 0 Å². The molecule has 0 aromatic heterocycles. The Balaban J connectivity index is 3.50. The second kappa shape index (κ2) is 16.3. The van der Waals surface area contributed by atoms with Crippen molar-refractivity contribution in [1.29, 1.82) is 0 Å². The van der Waals surface area contributed by atoms with Gasteiger partial charge in [-0.15, -0.1) is 0 Å². The maximum atomic E-state index is 3.97. The molecule has 2 N–H and O–H groups in total. The smallest absolute Gasteiger partial charge is 0.124 e. The van der Waals surface area contributed by atoms with Gasteiger partial charge in [-0.05, 0) is 62.2 Å². The summed E-state index contributed by atoms with van der Waals surface area (Å²) in [6, 6.07) is 8.38. The van der Waals surface area contributed by atoms with Crippen molar-refractivity contribution in [2.24, 2.45) is 0 Å². The van der Waals surface area contributed by atoms with Gasteiger partial charge in [0.25, 0.3) is 0 Å². The zero-order chi connectivity index (χ0) is 19.7. The molecule has 0 bridgehead atoms. The second-order valence-electron chi connectivity index (χ2n) is 8.36. The van der Waals surface area contributed by atoms with Crippen LogP contribution in [0.2, 0.25) is 36.3 Å². The molecule has 0 unspecified atom stereocenters. The lowest BCUT2D eigenvalue weighted by Crippen LogP contribution is -2.49. The van der Waals surface area contributed by atoms with Crippen molar-refractivity contribution in [2.45, 2.75) is 129 Å². The first-order chi connectivity index (χ1) is 12.6. The van der Waals surface area contributed by atoms with E-state index < -0.39 is 16.5 Å². The molecule has 0 saturated carbocycles. The predicted molar refractivity (Wildman–Crippen MR) is 127 cm³/mol. The Kier molecular flexibility index (Phi) is 16.5. The normalized spacial score (nSPS) is 12.7. The average molecular weight is 401 g/mol. The minimum absolute atomic E-state index is 1.09. The van der Waals surface area contributed by atoms with Gasteiger partial charge in [0.15, 0.2) is 0 Å². The van der Waals surface area contributed by atoms with Crippen LogP contribution in [0.25, 0.3) is 0 Å². The summed E-state index contributed by atoms with van der Waals surface area (Å²) in [6.07, 6.45) is 11.4. The molecule has 0 radical (unpaired) electrons. The van der Waals surface area contributed by atoms with Crippen LogP contribution in [-0.4, -0.2) is 29.6 Å². The van der Waals surface area contributed by atoms with Crippen LogP contribution in [0.5, 0.6) is 0 Å². The summed E-state index contributed by atoms with van der Waals surface area (Å²) in [5.41, 5.74) is 0. The highest BCUT2D eigenvalue weighted by Crippen LogP contribution is 2.18. The van der Waals surface area contributed by atoms with Gasteiger partial charge in [0.1, 0.15) is 16.5 Å². The Morgan fingerprint density at radius 1 is 0.385 bits per heavy atom. The summed E-state index contributed by atoms with van der Waals surface area (Å²) < 4.78 is 0. The first-order valence-electron chi connectivity index (χ1n) is 12.1.